The Morgan fingerprint density at radius 3 is 1.43 bits per heavy atom. The van der Waals surface area contributed by atoms with Gasteiger partial charge >= 0.3 is 0 Å². The highest BCUT2D eigenvalue weighted by molar-refractivity contribution is 6.55. The van der Waals surface area contributed by atoms with E-state index in [4.69, 9.17) is 60.8 Å². The van der Waals surface area contributed by atoms with Crippen LogP contribution in [-0.4, -0.2) is 123 Å². The lowest BCUT2D eigenvalue weighted by molar-refractivity contribution is 0.198. The van der Waals surface area contributed by atoms with Crippen molar-refractivity contribution < 1.29 is 14.2 Å². The lowest BCUT2D eigenvalue weighted by atomic mass is 10.0. The second-order valence-electron chi connectivity index (χ2n) is 29.2. The Labute approximate surface area is 662 Å². The van der Waals surface area contributed by atoms with E-state index in [1.165, 1.54) is 19.7 Å². The molecule has 0 atom stereocenters. The number of rotatable bonds is 31. The van der Waals surface area contributed by atoms with Crippen LogP contribution in [0.4, 0.5) is 34.1 Å². The third kappa shape index (κ3) is 19.3. The van der Waals surface area contributed by atoms with Crippen LogP contribution in [0.1, 0.15) is 223 Å². The van der Waals surface area contributed by atoms with Crippen molar-refractivity contribution in [3.63, 3.8) is 0 Å². The summed E-state index contributed by atoms with van der Waals surface area (Å²) in [7, 11) is 1.69. The minimum Gasteiger partial charge on any atom is -0.493 e. The molecule has 0 amide bonds. The first-order valence-electron chi connectivity index (χ1n) is 40.0. The zero-order valence-electron chi connectivity index (χ0n) is 69.5. The summed E-state index contributed by atoms with van der Waals surface area (Å²) in [6, 6.07) is 32.0. The number of hydrogen-bond donors (Lipinski definition) is 0. The minimum atomic E-state index is -0.224. The molecule has 11 rings (SSSR count). The van der Waals surface area contributed by atoms with E-state index in [0.29, 0.717) is 99.8 Å². The Morgan fingerprint density at radius 2 is 0.955 bits per heavy atom. The molecule has 0 fully saturated rings. The summed E-state index contributed by atoms with van der Waals surface area (Å²) in [5.74, 6) is 3.22. The van der Waals surface area contributed by atoms with E-state index >= 15 is 0 Å². The monoisotopic (exact) mass is 1530 g/mol. The molecule has 111 heavy (non-hydrogen) atoms. The summed E-state index contributed by atoms with van der Waals surface area (Å²) in [6.07, 6.45) is 8.53. The summed E-state index contributed by atoms with van der Waals surface area (Å²) in [5.41, 5.74) is 18.1. The first-order chi connectivity index (χ1) is 53.3. The first kappa shape index (κ1) is 85.0. The van der Waals surface area contributed by atoms with E-state index in [2.05, 4.69) is 158 Å². The SMILES string of the molecule is CCCCCc1nc2n(c(=O)c1CC)N=C(c1ccc(OCCCC)cc1OCCCC)C2=Nc1ccc(N(CC)CC)cc1C.CCN(CC)c1ccc(N=C2C(C(C)C)=Nn3c2nc(C(C)C)c(C)c3=O)c(C)c1.CCN(COC)c1ccc(N=C2C(C(C)C)=Nn3c2nc(-c2ccccc2Cl)c(C)c3=O)c(C)c1. The summed E-state index contributed by atoms with van der Waals surface area (Å²) in [6.45, 7) is 47.6. The van der Waals surface area contributed by atoms with Gasteiger partial charge in [0.2, 0.25) is 0 Å². The van der Waals surface area contributed by atoms with Crippen LogP contribution in [0.3, 0.4) is 0 Å². The number of ether oxygens (including phenoxy) is 3. The maximum atomic E-state index is 14.0. The van der Waals surface area contributed by atoms with Crippen molar-refractivity contribution in [2.24, 2.45) is 42.1 Å². The number of nitrogens with zero attached hydrogens (tertiary/aromatic N) is 15. The molecule has 0 unspecified atom stereocenters. The van der Waals surface area contributed by atoms with Gasteiger partial charge in [0.05, 0.1) is 58.8 Å². The summed E-state index contributed by atoms with van der Waals surface area (Å²) in [4.78, 5) is 77.0. The Bertz CT molecular complexity index is 5030. The van der Waals surface area contributed by atoms with Crippen LogP contribution in [0.2, 0.25) is 5.02 Å². The third-order valence-corrected chi connectivity index (χ3v) is 20.5. The fourth-order valence-corrected chi connectivity index (χ4v) is 13.9. The molecule has 0 spiro atoms. The molecule has 3 aliphatic heterocycles. The van der Waals surface area contributed by atoms with E-state index in [0.717, 1.165) is 169 Å². The predicted octanol–water partition coefficient (Wildman–Crippen LogP) is 18.9. The lowest BCUT2D eigenvalue weighted by Gasteiger charge is -2.22. The van der Waals surface area contributed by atoms with E-state index < -0.39 is 0 Å². The van der Waals surface area contributed by atoms with Crippen molar-refractivity contribution in [2.75, 3.05) is 74.5 Å². The van der Waals surface area contributed by atoms with Gasteiger partial charge in [0.25, 0.3) is 16.7 Å². The van der Waals surface area contributed by atoms with Crippen molar-refractivity contribution in [3.8, 4) is 22.8 Å². The molecule has 6 heterocycles. The molecule has 0 bridgehead atoms. The van der Waals surface area contributed by atoms with Crippen LogP contribution < -0.4 is 40.9 Å². The van der Waals surface area contributed by atoms with Gasteiger partial charge < -0.3 is 28.9 Å². The van der Waals surface area contributed by atoms with E-state index in [9.17, 15) is 14.4 Å². The number of aryl methyl sites for hydroxylation is 4. The fourth-order valence-electron chi connectivity index (χ4n) is 13.7. The second kappa shape index (κ2) is 39.3. The number of halogens is 1. The Morgan fingerprint density at radius 1 is 0.477 bits per heavy atom. The van der Waals surface area contributed by atoms with Crippen LogP contribution in [0, 0.1) is 46.5 Å². The number of aromatic nitrogens is 6. The number of aliphatic imine (C=N–C) groups is 3. The number of hydrogen-bond acceptors (Lipinski definition) is 18. The average molecular weight is 1530 g/mol. The molecule has 590 valence electrons. The average Bonchev–Trinajstić information content (AvgIpc) is 1.62. The maximum Gasteiger partial charge on any atom is 0.278 e. The Kier molecular flexibility index (Phi) is 30.1. The molecule has 0 saturated carbocycles. The van der Waals surface area contributed by atoms with Gasteiger partial charge in [-0.2, -0.15) is 29.3 Å². The van der Waals surface area contributed by atoms with Gasteiger partial charge in [0, 0.05) is 95.8 Å². The number of fused-ring (bicyclic) bond motifs is 3. The summed E-state index contributed by atoms with van der Waals surface area (Å²) < 4.78 is 22.0. The van der Waals surface area contributed by atoms with Gasteiger partial charge in [0.1, 0.15) is 41.1 Å². The van der Waals surface area contributed by atoms with Gasteiger partial charge in [0.15, 0.2) is 17.5 Å². The zero-order chi connectivity index (χ0) is 80.5. The molecular formula is C89H116ClN15O6. The minimum absolute atomic E-state index is 0.0517. The van der Waals surface area contributed by atoms with Crippen molar-refractivity contribution in [2.45, 2.75) is 202 Å². The largest absolute Gasteiger partial charge is 0.493 e. The van der Waals surface area contributed by atoms with Gasteiger partial charge in [-0.1, -0.05) is 125 Å². The molecule has 3 aliphatic rings. The van der Waals surface area contributed by atoms with Gasteiger partial charge in [-0.15, -0.1) is 0 Å². The van der Waals surface area contributed by atoms with Gasteiger partial charge in [-0.25, -0.2) is 29.9 Å². The van der Waals surface area contributed by atoms with E-state index in [-0.39, 0.29) is 34.4 Å². The van der Waals surface area contributed by atoms with Crippen LogP contribution >= 0.6 is 11.6 Å². The molecule has 8 aromatic rings. The van der Waals surface area contributed by atoms with Gasteiger partial charge in [-0.3, -0.25) is 14.4 Å². The molecule has 5 aromatic carbocycles. The lowest BCUT2D eigenvalue weighted by Crippen LogP contribution is -2.27. The highest BCUT2D eigenvalue weighted by Crippen LogP contribution is 2.36. The van der Waals surface area contributed by atoms with Crippen LogP contribution in [0.15, 0.2) is 142 Å². The predicted molar refractivity (Wildman–Crippen MR) is 461 cm³/mol. The van der Waals surface area contributed by atoms with Crippen molar-refractivity contribution >= 4 is 80.0 Å². The standard InChI is InChI=1S/C38H53N5O3.C27H30ClN5O2.C24H33N5O/c1-8-14-17-18-33-30(11-4)38(44)43-37(40-33)36(39-32-22-19-28(25-27(32)7)42(12-5)13-6)35(41-43)31-21-20-29(45-23-15-9-2)26-34(31)46-24-16-10-3;1-7-32(15-35-6)19-12-13-22(17(4)14-19)29-25-23(16(2)3)31-33-26(25)30-24(18(5)27(33)34)20-10-8-9-11-21(20)28;1-9-28(10-2)18-11-12-19(16(7)13-18)25-22-21(15(5)6)27-29-23(22)26-20(14(3)4)17(8)24(29)30/h19-22,25-26H,8-18,23-24H2,1-7H3;8-14,16H,7,15H2,1-6H3;11-15H,9-10H2,1-8H3. The van der Waals surface area contributed by atoms with Crippen molar-refractivity contribution in [1.29, 1.82) is 0 Å². The molecule has 22 heteroatoms. The quantitative estimate of drug-likeness (QED) is 0.0293. The molecule has 0 aliphatic carbocycles. The number of unbranched alkanes of at least 4 members (excludes halogenated alkanes) is 4. The molecule has 0 saturated heterocycles. The molecule has 3 aromatic heterocycles. The van der Waals surface area contributed by atoms with E-state index in [1.807, 2.05) is 89.2 Å². The highest BCUT2D eigenvalue weighted by Gasteiger charge is 2.35. The van der Waals surface area contributed by atoms with Crippen molar-refractivity contribution in [3.05, 3.63) is 201 Å². The fraction of sp³-hybridized carbons (Fsp3) is 0.461. The van der Waals surface area contributed by atoms with Gasteiger partial charge in [-0.05, 0) is 209 Å². The van der Waals surface area contributed by atoms with Crippen LogP contribution in [-0.2, 0) is 17.6 Å². The Hall–Kier alpha value is -9.99. The molecule has 0 radical (unpaired) electrons. The van der Waals surface area contributed by atoms with Crippen molar-refractivity contribution in [1.82, 2.24) is 29.0 Å². The van der Waals surface area contributed by atoms with Crippen LogP contribution in [0.5, 0.6) is 11.5 Å². The molecule has 0 N–H and O–H groups in total. The third-order valence-electron chi connectivity index (χ3n) is 20.2. The first-order valence-corrected chi connectivity index (χ1v) is 40.4. The normalized spacial score (nSPS) is 13.8. The Balaban J connectivity index is 0.000000196. The second-order valence-corrected chi connectivity index (χ2v) is 29.6. The maximum absolute atomic E-state index is 14.0. The number of methoxy groups -OCH3 is 1. The number of benzene rings is 5. The topological polar surface area (TPSA) is 216 Å². The highest BCUT2D eigenvalue weighted by atomic mass is 35.5. The molecule has 21 nitrogen and oxygen atoms in total. The van der Waals surface area contributed by atoms with Crippen LogP contribution in [0.25, 0.3) is 11.3 Å². The van der Waals surface area contributed by atoms with E-state index in [1.54, 1.807) is 20.1 Å². The summed E-state index contributed by atoms with van der Waals surface area (Å²) in [5, 5.41) is 14.7. The number of anilines is 3. The summed E-state index contributed by atoms with van der Waals surface area (Å²) >= 11 is 6.45. The molecular weight excluding hydrogens is 1410 g/mol. The smallest absolute Gasteiger partial charge is 0.278 e. The zero-order valence-corrected chi connectivity index (χ0v) is 70.3.